The molecule has 0 aromatic carbocycles. The molecule has 20 heavy (non-hydrogen) atoms. The van der Waals surface area contributed by atoms with Crippen LogP contribution < -0.4 is 5.32 Å². The third-order valence-corrected chi connectivity index (χ3v) is 2.31. The van der Waals surface area contributed by atoms with E-state index in [-0.39, 0.29) is 38.6 Å². The molecule has 0 heterocycles. The lowest BCUT2D eigenvalue weighted by Crippen LogP contribution is -2.41. The molecule has 0 aromatic rings. The second-order valence-electron chi connectivity index (χ2n) is 3.83. The van der Waals surface area contributed by atoms with Gasteiger partial charge < -0.3 is 14.2 Å². The average Bonchev–Trinajstić information content (AvgIpc) is 2.39. The molecule has 0 radical (unpaired) electrons. The Morgan fingerprint density at radius 1 is 0.900 bits per heavy atom. The predicted octanol–water partition coefficient (Wildman–Crippen LogP) is 0.414. The van der Waals surface area contributed by atoms with Crippen LogP contribution in [0.25, 0.3) is 0 Å². The molecular weight excluding hydrogens is 266 g/mol. The van der Waals surface area contributed by atoms with Gasteiger partial charge in [-0.3, -0.25) is 19.7 Å². The van der Waals surface area contributed by atoms with Gasteiger partial charge in [0, 0.05) is 6.42 Å². The van der Waals surface area contributed by atoms with Gasteiger partial charge >= 0.3 is 17.9 Å². The van der Waals surface area contributed by atoms with Crippen LogP contribution in [0.5, 0.6) is 0 Å². The van der Waals surface area contributed by atoms with Gasteiger partial charge in [0.1, 0.15) is 6.04 Å². The molecule has 0 rings (SSSR count). The lowest BCUT2D eigenvalue weighted by atomic mass is 10.1. The lowest BCUT2D eigenvalue weighted by Gasteiger charge is -2.16. The molecule has 1 unspecified atom stereocenters. The zero-order valence-electron chi connectivity index (χ0n) is 12.3. The first kappa shape index (κ1) is 18.4. The molecule has 0 spiro atoms. The molecule has 0 saturated carbocycles. The standard InChI is InChI=1S/C13H23NO6/c1-4-18-11(15)8-7-10(13(17)20-6-3)14-9-12(16)19-5-2/h10,14H,4-9H2,1-3H3. The summed E-state index contributed by atoms with van der Waals surface area (Å²) < 4.78 is 14.4. The van der Waals surface area contributed by atoms with Crippen molar-refractivity contribution in [3.63, 3.8) is 0 Å². The Hall–Kier alpha value is -1.63. The molecule has 0 saturated heterocycles. The van der Waals surface area contributed by atoms with Crippen molar-refractivity contribution in [2.75, 3.05) is 26.4 Å². The SMILES string of the molecule is CCOC(=O)CCC(NCC(=O)OCC)C(=O)OCC. The van der Waals surface area contributed by atoms with Gasteiger partial charge in [-0.1, -0.05) is 0 Å². The van der Waals surface area contributed by atoms with E-state index in [1.807, 2.05) is 0 Å². The summed E-state index contributed by atoms with van der Waals surface area (Å²) in [7, 11) is 0. The maximum atomic E-state index is 11.7. The molecule has 1 N–H and O–H groups in total. The quantitative estimate of drug-likeness (QED) is 0.460. The molecule has 116 valence electrons. The van der Waals surface area contributed by atoms with Crippen molar-refractivity contribution in [2.45, 2.75) is 39.7 Å². The number of esters is 3. The van der Waals surface area contributed by atoms with Crippen LogP contribution in [-0.2, 0) is 28.6 Å². The third kappa shape index (κ3) is 8.47. The second-order valence-corrected chi connectivity index (χ2v) is 3.83. The molecule has 0 aliphatic carbocycles. The van der Waals surface area contributed by atoms with E-state index in [0.29, 0.717) is 6.61 Å². The zero-order chi connectivity index (χ0) is 15.4. The van der Waals surface area contributed by atoms with Crippen molar-refractivity contribution >= 4 is 17.9 Å². The van der Waals surface area contributed by atoms with Gasteiger partial charge in [-0.05, 0) is 27.2 Å². The van der Waals surface area contributed by atoms with Gasteiger partial charge in [-0.15, -0.1) is 0 Å². The first-order valence-corrected chi connectivity index (χ1v) is 6.76. The first-order valence-electron chi connectivity index (χ1n) is 6.76. The fourth-order valence-electron chi connectivity index (χ4n) is 1.46. The highest BCUT2D eigenvalue weighted by Gasteiger charge is 2.21. The maximum Gasteiger partial charge on any atom is 0.323 e. The van der Waals surface area contributed by atoms with E-state index in [4.69, 9.17) is 14.2 Å². The van der Waals surface area contributed by atoms with Crippen molar-refractivity contribution in [1.29, 1.82) is 0 Å². The minimum Gasteiger partial charge on any atom is -0.466 e. The molecule has 7 nitrogen and oxygen atoms in total. The molecule has 0 aliphatic heterocycles. The van der Waals surface area contributed by atoms with Crippen LogP contribution in [0.15, 0.2) is 0 Å². The van der Waals surface area contributed by atoms with Crippen LogP contribution in [-0.4, -0.2) is 50.3 Å². The van der Waals surface area contributed by atoms with Crippen LogP contribution in [0.2, 0.25) is 0 Å². The Morgan fingerprint density at radius 2 is 1.45 bits per heavy atom. The van der Waals surface area contributed by atoms with E-state index in [1.165, 1.54) is 0 Å². The monoisotopic (exact) mass is 289 g/mol. The first-order chi connectivity index (χ1) is 9.54. The van der Waals surface area contributed by atoms with Crippen LogP contribution >= 0.6 is 0 Å². The summed E-state index contributed by atoms with van der Waals surface area (Å²) in [5.74, 6) is -1.35. The summed E-state index contributed by atoms with van der Waals surface area (Å²) in [5.41, 5.74) is 0. The van der Waals surface area contributed by atoms with Gasteiger partial charge in [-0.25, -0.2) is 0 Å². The fraction of sp³-hybridized carbons (Fsp3) is 0.769. The highest BCUT2D eigenvalue weighted by Crippen LogP contribution is 2.02. The number of rotatable bonds is 10. The average molecular weight is 289 g/mol. The van der Waals surface area contributed by atoms with Crippen molar-refractivity contribution in [2.24, 2.45) is 0 Å². The highest BCUT2D eigenvalue weighted by molar-refractivity contribution is 5.78. The topological polar surface area (TPSA) is 90.9 Å². The van der Waals surface area contributed by atoms with Crippen molar-refractivity contribution in [3.05, 3.63) is 0 Å². The van der Waals surface area contributed by atoms with E-state index in [1.54, 1.807) is 20.8 Å². The van der Waals surface area contributed by atoms with Crippen LogP contribution in [0.4, 0.5) is 0 Å². The largest absolute Gasteiger partial charge is 0.466 e. The van der Waals surface area contributed by atoms with E-state index < -0.39 is 18.0 Å². The lowest BCUT2D eigenvalue weighted by molar-refractivity contribution is -0.147. The van der Waals surface area contributed by atoms with Gasteiger partial charge in [0.2, 0.25) is 0 Å². The van der Waals surface area contributed by atoms with Crippen molar-refractivity contribution in [1.82, 2.24) is 5.32 Å². The number of carbonyl (C=O) groups excluding carboxylic acids is 3. The summed E-state index contributed by atoms with van der Waals surface area (Å²) in [4.78, 5) is 34.2. The fourth-order valence-corrected chi connectivity index (χ4v) is 1.46. The number of nitrogens with one attached hydrogen (secondary N) is 1. The van der Waals surface area contributed by atoms with Gasteiger partial charge in [0.15, 0.2) is 0 Å². The molecular formula is C13H23NO6. The molecule has 0 fully saturated rings. The van der Waals surface area contributed by atoms with E-state index in [9.17, 15) is 14.4 Å². The Kier molecular flexibility index (Phi) is 10.3. The molecule has 7 heteroatoms. The van der Waals surface area contributed by atoms with E-state index in [2.05, 4.69) is 5.32 Å². The number of carbonyl (C=O) groups is 3. The number of hydrogen-bond acceptors (Lipinski definition) is 7. The number of hydrogen-bond donors (Lipinski definition) is 1. The van der Waals surface area contributed by atoms with Crippen LogP contribution in [0.3, 0.4) is 0 Å². The zero-order valence-corrected chi connectivity index (χ0v) is 12.3. The molecule has 0 aromatic heterocycles. The van der Waals surface area contributed by atoms with Crippen LogP contribution in [0, 0.1) is 0 Å². The molecule has 0 aliphatic rings. The minimum atomic E-state index is -0.733. The number of ether oxygens (including phenoxy) is 3. The maximum absolute atomic E-state index is 11.7. The van der Waals surface area contributed by atoms with Gasteiger partial charge in [0.25, 0.3) is 0 Å². The van der Waals surface area contributed by atoms with Gasteiger partial charge in [0.05, 0.1) is 26.4 Å². The molecule has 0 amide bonds. The predicted molar refractivity (Wildman–Crippen MR) is 70.9 cm³/mol. The normalized spacial score (nSPS) is 11.6. The Morgan fingerprint density at radius 3 is 2.00 bits per heavy atom. The summed E-state index contributed by atoms with van der Waals surface area (Å²) in [6.45, 7) is 5.77. The molecule has 1 atom stereocenters. The second kappa shape index (κ2) is 11.2. The Bertz CT molecular complexity index is 296. The molecule has 0 bridgehead atoms. The third-order valence-electron chi connectivity index (χ3n) is 2.31. The van der Waals surface area contributed by atoms with E-state index >= 15 is 0 Å². The van der Waals surface area contributed by atoms with E-state index in [0.717, 1.165) is 0 Å². The Labute approximate surface area is 118 Å². The smallest absolute Gasteiger partial charge is 0.323 e. The minimum absolute atomic E-state index is 0.0765. The summed E-state index contributed by atoms with van der Waals surface area (Å²) in [6, 6.07) is -0.733. The summed E-state index contributed by atoms with van der Waals surface area (Å²) in [6.07, 6.45) is 0.282. The van der Waals surface area contributed by atoms with Gasteiger partial charge in [-0.2, -0.15) is 0 Å². The summed E-state index contributed by atoms with van der Waals surface area (Å²) >= 11 is 0. The van der Waals surface area contributed by atoms with Crippen molar-refractivity contribution < 1.29 is 28.6 Å². The van der Waals surface area contributed by atoms with Crippen molar-refractivity contribution in [3.8, 4) is 0 Å². The highest BCUT2D eigenvalue weighted by atomic mass is 16.5. The Balaban J connectivity index is 4.30. The summed E-state index contributed by atoms with van der Waals surface area (Å²) in [5, 5.41) is 2.73. The van der Waals surface area contributed by atoms with Crippen LogP contribution in [0.1, 0.15) is 33.6 Å².